The second kappa shape index (κ2) is 16.0. The van der Waals surface area contributed by atoms with Gasteiger partial charge in [0.15, 0.2) is 0 Å². The molecule has 2 fully saturated rings. The Kier molecular flexibility index (Phi) is 12.7. The average Bonchev–Trinajstić information content (AvgIpc) is 3.55. The molecule has 236 valence electrons. The third-order valence-corrected chi connectivity index (χ3v) is 9.07. The molecule has 0 spiro atoms. The number of methoxy groups -OCH3 is 1. The summed E-state index contributed by atoms with van der Waals surface area (Å²) in [6, 6.07) is 18.3. The highest BCUT2D eigenvalue weighted by molar-refractivity contribution is 7.90. The van der Waals surface area contributed by atoms with Crippen molar-refractivity contribution in [2.24, 2.45) is 5.92 Å². The smallest absolute Gasteiger partial charge is 0.308 e. The monoisotopic (exact) mass is 612 g/mol. The van der Waals surface area contributed by atoms with Crippen molar-refractivity contribution in [2.45, 2.75) is 104 Å². The molecule has 9 nitrogen and oxygen atoms in total. The summed E-state index contributed by atoms with van der Waals surface area (Å²) in [6.45, 7) is 11.6. The van der Waals surface area contributed by atoms with E-state index in [1.54, 1.807) is 11.9 Å². The minimum Gasteiger partial charge on any atom is -0.497 e. The molecule has 1 N–H and O–H groups in total. The summed E-state index contributed by atoms with van der Waals surface area (Å²) in [5.41, 5.74) is 3.90. The van der Waals surface area contributed by atoms with Crippen molar-refractivity contribution in [3.63, 3.8) is 0 Å². The molecule has 2 aliphatic carbocycles. The third-order valence-electron chi connectivity index (χ3n) is 6.92. The van der Waals surface area contributed by atoms with Gasteiger partial charge in [0, 0.05) is 17.2 Å². The highest BCUT2D eigenvalue weighted by Gasteiger charge is 2.35. The largest absolute Gasteiger partial charge is 0.497 e. The summed E-state index contributed by atoms with van der Waals surface area (Å²) in [5.74, 6) is 0.814. The molecule has 0 atom stereocenters. The molecule has 2 aliphatic rings. The molecule has 1 heterocycles. The Morgan fingerprint density at radius 3 is 1.81 bits per heavy atom. The van der Waals surface area contributed by atoms with Crippen LogP contribution in [0.1, 0.15) is 86.1 Å². The van der Waals surface area contributed by atoms with Gasteiger partial charge in [-0.05, 0) is 90.5 Å². The van der Waals surface area contributed by atoms with Crippen molar-refractivity contribution < 1.29 is 22.7 Å². The van der Waals surface area contributed by atoms with Gasteiger partial charge in [-0.15, -0.1) is 0 Å². The fourth-order valence-electron chi connectivity index (χ4n) is 4.40. The SMILES string of the molecule is CC(C)C(=O)OC1CCCC1.CC(C)NS(=O)(=O)C1CC1.COc1ccc(-c2nn(C(C)C)nc2-c2ccccc2)cc1. The molecule has 0 amide bonds. The summed E-state index contributed by atoms with van der Waals surface area (Å²) in [6.07, 6.45) is 6.47. The van der Waals surface area contributed by atoms with Crippen LogP contribution in [0.2, 0.25) is 0 Å². The first-order chi connectivity index (χ1) is 20.4. The third kappa shape index (κ3) is 10.8. The Bertz CT molecular complexity index is 1380. The summed E-state index contributed by atoms with van der Waals surface area (Å²) in [4.78, 5) is 12.8. The number of rotatable bonds is 9. The highest BCUT2D eigenvalue weighted by Crippen LogP contribution is 2.31. The van der Waals surface area contributed by atoms with Gasteiger partial charge in [-0.2, -0.15) is 15.0 Å². The summed E-state index contributed by atoms with van der Waals surface area (Å²) in [7, 11) is -1.27. The van der Waals surface area contributed by atoms with Crippen LogP contribution in [0.3, 0.4) is 0 Å². The van der Waals surface area contributed by atoms with Crippen LogP contribution in [-0.2, 0) is 19.6 Å². The molecule has 0 bridgehead atoms. The molecule has 0 saturated heterocycles. The van der Waals surface area contributed by atoms with Crippen LogP contribution in [-0.4, -0.2) is 53.9 Å². The lowest BCUT2D eigenvalue weighted by Crippen LogP contribution is -2.32. The van der Waals surface area contributed by atoms with Gasteiger partial charge in [0.2, 0.25) is 10.0 Å². The van der Waals surface area contributed by atoms with Gasteiger partial charge in [0.1, 0.15) is 23.2 Å². The van der Waals surface area contributed by atoms with Crippen LogP contribution in [0, 0.1) is 5.92 Å². The molecular formula is C33H48N4O5S. The highest BCUT2D eigenvalue weighted by atomic mass is 32.2. The van der Waals surface area contributed by atoms with E-state index in [0.29, 0.717) is 0 Å². The predicted octanol–water partition coefficient (Wildman–Crippen LogP) is 6.81. The van der Waals surface area contributed by atoms with E-state index < -0.39 is 10.0 Å². The molecule has 0 unspecified atom stereocenters. The maximum atomic E-state index is 11.1. The molecule has 0 radical (unpaired) electrons. The van der Waals surface area contributed by atoms with Crippen LogP contribution < -0.4 is 9.46 Å². The molecule has 0 aliphatic heterocycles. The molecule has 2 saturated carbocycles. The number of ether oxygens (including phenoxy) is 2. The number of benzene rings is 2. The van der Waals surface area contributed by atoms with E-state index in [-0.39, 0.29) is 35.3 Å². The van der Waals surface area contributed by atoms with Crippen molar-refractivity contribution in [2.75, 3.05) is 7.11 Å². The predicted molar refractivity (Wildman–Crippen MR) is 171 cm³/mol. The van der Waals surface area contributed by atoms with Gasteiger partial charge in [-0.3, -0.25) is 4.79 Å². The number of hydrogen-bond acceptors (Lipinski definition) is 7. The molecule has 5 rings (SSSR count). The number of nitrogens with one attached hydrogen (secondary N) is 1. The minimum atomic E-state index is -2.94. The van der Waals surface area contributed by atoms with Gasteiger partial charge in [0.25, 0.3) is 0 Å². The Morgan fingerprint density at radius 2 is 1.37 bits per heavy atom. The molecule has 3 aromatic rings. The zero-order valence-corrected chi connectivity index (χ0v) is 27.4. The normalized spacial score (nSPS) is 15.1. The van der Waals surface area contributed by atoms with E-state index in [1.165, 1.54) is 12.8 Å². The lowest BCUT2D eigenvalue weighted by Gasteiger charge is -2.12. The van der Waals surface area contributed by atoms with Gasteiger partial charge in [0.05, 0.1) is 24.3 Å². The number of esters is 1. The molecule has 43 heavy (non-hydrogen) atoms. The van der Waals surface area contributed by atoms with Crippen molar-refractivity contribution in [3.05, 3.63) is 54.6 Å². The maximum absolute atomic E-state index is 11.1. The Morgan fingerprint density at radius 1 is 0.837 bits per heavy atom. The molecule has 1 aromatic heterocycles. The molecular weight excluding hydrogens is 564 g/mol. The number of carbonyl (C=O) groups is 1. The van der Waals surface area contributed by atoms with Crippen LogP contribution in [0.5, 0.6) is 5.75 Å². The zero-order chi connectivity index (χ0) is 31.6. The minimum absolute atomic E-state index is 0.0237. The first kappa shape index (κ1) is 34.3. The van der Waals surface area contributed by atoms with Crippen molar-refractivity contribution in [1.82, 2.24) is 19.7 Å². The fraction of sp³-hybridized carbons (Fsp3) is 0.545. The van der Waals surface area contributed by atoms with Gasteiger partial charge in [-0.1, -0.05) is 44.2 Å². The first-order valence-electron chi connectivity index (χ1n) is 15.3. The van der Waals surface area contributed by atoms with E-state index in [1.807, 2.05) is 70.2 Å². The van der Waals surface area contributed by atoms with E-state index in [2.05, 4.69) is 40.9 Å². The van der Waals surface area contributed by atoms with Crippen LogP contribution in [0.4, 0.5) is 0 Å². The second-order valence-corrected chi connectivity index (χ2v) is 13.9. The number of carbonyl (C=O) groups excluding carboxylic acids is 1. The fourth-order valence-corrected chi connectivity index (χ4v) is 6.00. The molecule has 2 aromatic carbocycles. The van der Waals surface area contributed by atoms with Crippen LogP contribution >= 0.6 is 0 Å². The number of aromatic nitrogens is 3. The summed E-state index contributed by atoms with van der Waals surface area (Å²) in [5, 5.41) is 9.26. The Hall–Kier alpha value is -3.24. The van der Waals surface area contributed by atoms with Gasteiger partial charge >= 0.3 is 5.97 Å². The Balaban J connectivity index is 0.000000201. The summed E-state index contributed by atoms with van der Waals surface area (Å²) >= 11 is 0. The number of hydrogen-bond donors (Lipinski definition) is 1. The maximum Gasteiger partial charge on any atom is 0.308 e. The lowest BCUT2D eigenvalue weighted by atomic mass is 10.1. The van der Waals surface area contributed by atoms with E-state index in [0.717, 1.165) is 53.9 Å². The standard InChI is InChI=1S/C18H19N3O.C9H16O2.C6H13NO2S/c1-13(2)21-19-17(14-7-5-4-6-8-14)18(20-21)15-9-11-16(22-3)12-10-15;1-7(2)9(10)11-8-5-3-4-6-8;1-5(2)7-10(8,9)6-3-4-6/h4-13H,1-3H3;7-8H,3-6H2,1-2H3;5-7H,3-4H2,1-2H3. The van der Waals surface area contributed by atoms with E-state index >= 15 is 0 Å². The van der Waals surface area contributed by atoms with Gasteiger partial charge in [-0.25, -0.2) is 13.1 Å². The Labute approximate surface area is 257 Å². The molecule has 10 heteroatoms. The van der Waals surface area contributed by atoms with Gasteiger partial charge < -0.3 is 9.47 Å². The quantitative estimate of drug-likeness (QED) is 0.264. The van der Waals surface area contributed by atoms with Crippen LogP contribution in [0.25, 0.3) is 22.5 Å². The van der Waals surface area contributed by atoms with Crippen molar-refractivity contribution >= 4 is 16.0 Å². The number of sulfonamides is 1. The van der Waals surface area contributed by atoms with E-state index in [4.69, 9.17) is 9.47 Å². The van der Waals surface area contributed by atoms with Crippen LogP contribution in [0.15, 0.2) is 54.6 Å². The lowest BCUT2D eigenvalue weighted by molar-refractivity contribution is -0.152. The zero-order valence-electron chi connectivity index (χ0n) is 26.6. The average molecular weight is 613 g/mol. The van der Waals surface area contributed by atoms with Crippen molar-refractivity contribution in [1.29, 1.82) is 0 Å². The van der Waals surface area contributed by atoms with Crippen molar-refractivity contribution in [3.8, 4) is 28.3 Å². The second-order valence-electron chi connectivity index (χ2n) is 11.9. The topological polar surface area (TPSA) is 112 Å². The van der Waals surface area contributed by atoms with E-state index in [9.17, 15) is 13.2 Å². The first-order valence-corrected chi connectivity index (χ1v) is 16.8. The number of nitrogens with zero attached hydrogens (tertiary/aromatic N) is 3. The summed E-state index contributed by atoms with van der Waals surface area (Å²) < 4.78 is 35.2.